The maximum absolute atomic E-state index is 12.3. The van der Waals surface area contributed by atoms with Crippen molar-refractivity contribution in [2.75, 3.05) is 20.8 Å². The van der Waals surface area contributed by atoms with Crippen LogP contribution in [0.25, 0.3) is 0 Å². The molecular weight excluding hydrogens is 306 g/mol. The Balaban J connectivity index is 1.92. The van der Waals surface area contributed by atoms with Crippen molar-refractivity contribution in [1.29, 1.82) is 0 Å². The van der Waals surface area contributed by atoms with E-state index in [0.29, 0.717) is 23.7 Å². The van der Waals surface area contributed by atoms with Crippen molar-refractivity contribution < 1.29 is 19.0 Å². The Morgan fingerprint density at radius 2 is 1.71 bits per heavy atom. The Kier molecular flexibility index (Phi) is 6.07. The molecule has 0 unspecified atom stereocenters. The molecule has 24 heavy (non-hydrogen) atoms. The van der Waals surface area contributed by atoms with E-state index in [9.17, 15) is 4.79 Å². The SMILES string of the molecule is COc1ccc(C(=O)N[C@H](C)COc2ccc(C)cc2)cc1OC. The zero-order chi connectivity index (χ0) is 17.5. The van der Waals surface area contributed by atoms with Crippen LogP contribution in [0, 0.1) is 6.92 Å². The number of hydrogen-bond acceptors (Lipinski definition) is 4. The molecule has 128 valence electrons. The van der Waals surface area contributed by atoms with Gasteiger partial charge in [-0.15, -0.1) is 0 Å². The lowest BCUT2D eigenvalue weighted by atomic mass is 10.1. The summed E-state index contributed by atoms with van der Waals surface area (Å²) >= 11 is 0. The van der Waals surface area contributed by atoms with Crippen LogP contribution in [0.15, 0.2) is 42.5 Å². The highest BCUT2D eigenvalue weighted by Gasteiger charge is 2.13. The third-order valence-electron chi connectivity index (χ3n) is 3.54. The molecule has 2 rings (SSSR count). The molecule has 0 aliphatic carbocycles. The van der Waals surface area contributed by atoms with E-state index in [2.05, 4.69) is 5.32 Å². The predicted octanol–water partition coefficient (Wildman–Crippen LogP) is 3.21. The second-order valence-electron chi connectivity index (χ2n) is 5.57. The summed E-state index contributed by atoms with van der Waals surface area (Å²) in [5, 5.41) is 2.91. The number of aryl methyl sites for hydroxylation is 1. The van der Waals surface area contributed by atoms with Gasteiger partial charge < -0.3 is 19.5 Å². The summed E-state index contributed by atoms with van der Waals surface area (Å²) in [6, 6.07) is 12.7. The van der Waals surface area contributed by atoms with Crippen molar-refractivity contribution in [2.45, 2.75) is 19.9 Å². The first-order chi connectivity index (χ1) is 11.5. The number of methoxy groups -OCH3 is 2. The number of ether oxygens (including phenoxy) is 3. The van der Waals surface area contributed by atoms with E-state index in [1.807, 2.05) is 38.1 Å². The lowest BCUT2D eigenvalue weighted by molar-refractivity contribution is 0.0926. The maximum atomic E-state index is 12.3. The topological polar surface area (TPSA) is 56.8 Å². The van der Waals surface area contributed by atoms with Gasteiger partial charge in [-0.1, -0.05) is 17.7 Å². The van der Waals surface area contributed by atoms with Crippen molar-refractivity contribution in [3.8, 4) is 17.2 Å². The third-order valence-corrected chi connectivity index (χ3v) is 3.54. The molecule has 0 fully saturated rings. The molecule has 1 amide bonds. The van der Waals surface area contributed by atoms with E-state index in [4.69, 9.17) is 14.2 Å². The number of benzene rings is 2. The summed E-state index contributed by atoms with van der Waals surface area (Å²) in [6.45, 7) is 4.31. The van der Waals surface area contributed by atoms with Crippen molar-refractivity contribution in [1.82, 2.24) is 5.32 Å². The van der Waals surface area contributed by atoms with Crippen LogP contribution in [0.4, 0.5) is 0 Å². The molecule has 0 radical (unpaired) electrons. The van der Waals surface area contributed by atoms with Gasteiger partial charge in [0.2, 0.25) is 0 Å². The molecule has 0 aliphatic heterocycles. The fourth-order valence-corrected chi connectivity index (χ4v) is 2.18. The molecule has 0 spiro atoms. The normalized spacial score (nSPS) is 11.5. The van der Waals surface area contributed by atoms with Crippen LogP contribution in [0.2, 0.25) is 0 Å². The van der Waals surface area contributed by atoms with Gasteiger partial charge in [0.15, 0.2) is 11.5 Å². The van der Waals surface area contributed by atoms with E-state index >= 15 is 0 Å². The zero-order valence-corrected chi connectivity index (χ0v) is 14.5. The van der Waals surface area contributed by atoms with Crippen LogP contribution in [0.1, 0.15) is 22.8 Å². The molecule has 0 heterocycles. The van der Waals surface area contributed by atoms with Crippen LogP contribution in [0.5, 0.6) is 17.2 Å². The molecule has 2 aromatic rings. The van der Waals surface area contributed by atoms with Gasteiger partial charge in [0.25, 0.3) is 5.91 Å². The highest BCUT2D eigenvalue weighted by atomic mass is 16.5. The highest BCUT2D eigenvalue weighted by molar-refractivity contribution is 5.95. The largest absolute Gasteiger partial charge is 0.493 e. The number of nitrogens with one attached hydrogen (secondary N) is 1. The van der Waals surface area contributed by atoms with Gasteiger partial charge in [0.05, 0.1) is 20.3 Å². The van der Waals surface area contributed by atoms with Crippen LogP contribution in [0.3, 0.4) is 0 Å². The smallest absolute Gasteiger partial charge is 0.251 e. The molecule has 0 saturated heterocycles. The minimum Gasteiger partial charge on any atom is -0.493 e. The zero-order valence-electron chi connectivity index (χ0n) is 14.5. The Morgan fingerprint density at radius 3 is 2.33 bits per heavy atom. The first-order valence-electron chi connectivity index (χ1n) is 7.76. The van der Waals surface area contributed by atoms with Crippen LogP contribution in [-0.4, -0.2) is 32.8 Å². The minimum absolute atomic E-state index is 0.133. The van der Waals surface area contributed by atoms with Gasteiger partial charge in [0.1, 0.15) is 12.4 Å². The van der Waals surface area contributed by atoms with Crippen molar-refractivity contribution in [2.24, 2.45) is 0 Å². The lowest BCUT2D eigenvalue weighted by Crippen LogP contribution is -2.36. The quantitative estimate of drug-likeness (QED) is 0.847. The summed E-state index contributed by atoms with van der Waals surface area (Å²) in [4.78, 5) is 12.3. The molecule has 5 heteroatoms. The molecule has 1 N–H and O–H groups in total. The van der Waals surface area contributed by atoms with E-state index in [1.54, 1.807) is 25.3 Å². The summed E-state index contributed by atoms with van der Waals surface area (Å²) in [7, 11) is 3.10. The number of amides is 1. The third kappa shape index (κ3) is 4.65. The lowest BCUT2D eigenvalue weighted by Gasteiger charge is -2.16. The number of carbonyl (C=O) groups is 1. The number of hydrogen-bond donors (Lipinski definition) is 1. The van der Waals surface area contributed by atoms with Gasteiger partial charge in [-0.3, -0.25) is 4.79 Å². The van der Waals surface area contributed by atoms with Gasteiger partial charge in [-0.25, -0.2) is 0 Å². The fourth-order valence-electron chi connectivity index (χ4n) is 2.18. The summed E-state index contributed by atoms with van der Waals surface area (Å²) in [6.07, 6.45) is 0. The van der Waals surface area contributed by atoms with Crippen molar-refractivity contribution >= 4 is 5.91 Å². The Morgan fingerprint density at radius 1 is 1.04 bits per heavy atom. The second kappa shape index (κ2) is 8.24. The predicted molar refractivity (Wildman–Crippen MR) is 93.1 cm³/mol. The molecule has 5 nitrogen and oxygen atoms in total. The summed E-state index contributed by atoms with van der Waals surface area (Å²) in [5.41, 5.74) is 1.69. The molecule has 0 saturated carbocycles. The molecule has 0 aliphatic rings. The average molecular weight is 329 g/mol. The van der Waals surface area contributed by atoms with Crippen LogP contribution < -0.4 is 19.5 Å². The number of rotatable bonds is 7. The molecule has 2 aromatic carbocycles. The molecular formula is C19H23NO4. The van der Waals surface area contributed by atoms with Gasteiger partial charge in [-0.05, 0) is 44.2 Å². The second-order valence-corrected chi connectivity index (χ2v) is 5.57. The monoisotopic (exact) mass is 329 g/mol. The Bertz CT molecular complexity index is 682. The maximum Gasteiger partial charge on any atom is 0.251 e. The highest BCUT2D eigenvalue weighted by Crippen LogP contribution is 2.27. The number of carbonyl (C=O) groups excluding carboxylic acids is 1. The molecule has 0 bridgehead atoms. The summed E-state index contributed by atoms with van der Waals surface area (Å²) < 4.78 is 16.1. The first kappa shape index (κ1) is 17.7. The van der Waals surface area contributed by atoms with Gasteiger partial charge in [-0.2, -0.15) is 0 Å². The van der Waals surface area contributed by atoms with Gasteiger partial charge in [0, 0.05) is 5.56 Å². The fraction of sp³-hybridized carbons (Fsp3) is 0.316. The standard InChI is InChI=1S/C19H23NO4/c1-13-5-8-16(9-6-13)24-12-14(2)20-19(21)15-7-10-17(22-3)18(11-15)23-4/h5-11,14H,12H2,1-4H3,(H,20,21)/t14-/m1/s1. The molecule has 0 aromatic heterocycles. The van der Waals surface area contributed by atoms with Gasteiger partial charge >= 0.3 is 0 Å². The Hall–Kier alpha value is -2.69. The van der Waals surface area contributed by atoms with E-state index in [0.717, 1.165) is 5.75 Å². The molecule has 1 atom stereocenters. The van der Waals surface area contributed by atoms with Crippen molar-refractivity contribution in [3.63, 3.8) is 0 Å². The average Bonchev–Trinajstić information content (AvgIpc) is 2.60. The minimum atomic E-state index is -0.184. The van der Waals surface area contributed by atoms with Crippen LogP contribution >= 0.6 is 0 Å². The summed E-state index contributed by atoms with van der Waals surface area (Å²) in [5.74, 6) is 1.71. The van der Waals surface area contributed by atoms with E-state index in [1.165, 1.54) is 12.7 Å². The first-order valence-corrected chi connectivity index (χ1v) is 7.76. The Labute approximate surface area is 142 Å². The van der Waals surface area contributed by atoms with E-state index < -0.39 is 0 Å². The van der Waals surface area contributed by atoms with E-state index in [-0.39, 0.29) is 11.9 Å². The van der Waals surface area contributed by atoms with Crippen LogP contribution in [-0.2, 0) is 0 Å². The van der Waals surface area contributed by atoms with Crippen molar-refractivity contribution in [3.05, 3.63) is 53.6 Å².